The summed E-state index contributed by atoms with van der Waals surface area (Å²) in [5.41, 5.74) is 0. The molecule has 0 saturated carbocycles. The summed E-state index contributed by atoms with van der Waals surface area (Å²) in [5.74, 6) is 0.811. The Labute approximate surface area is 158 Å². The van der Waals surface area contributed by atoms with Gasteiger partial charge in [-0.15, -0.1) is 0 Å². The Hall–Kier alpha value is 0.900. The zero-order chi connectivity index (χ0) is 17.2. The summed E-state index contributed by atoms with van der Waals surface area (Å²) in [6, 6.07) is 0. The molecule has 0 aliphatic carbocycles. The van der Waals surface area contributed by atoms with Crippen molar-refractivity contribution in [2.75, 3.05) is 5.75 Å². The van der Waals surface area contributed by atoms with Crippen LogP contribution in [0.5, 0.6) is 0 Å². The summed E-state index contributed by atoms with van der Waals surface area (Å²) in [7, 11) is 0. The molecule has 0 radical (unpaired) electrons. The summed E-state index contributed by atoms with van der Waals surface area (Å²) in [4.78, 5) is 0. The van der Waals surface area contributed by atoms with E-state index in [0.717, 1.165) is 12.2 Å². The third kappa shape index (κ3) is 22.9. The van der Waals surface area contributed by atoms with Crippen LogP contribution < -0.4 is 0 Å². The fraction of sp³-hybridized carbons (Fsp3) is 0.889. The maximum atomic E-state index is 11.1. The lowest BCUT2D eigenvalue weighted by molar-refractivity contribution is 0.600. The highest BCUT2D eigenvalue weighted by Gasteiger charge is 2.12. The Morgan fingerprint density at radius 2 is 1.17 bits per heavy atom. The molecule has 0 amide bonds. The SMILES string of the molecule is CCCCCCCC/C=C\CCCCCCCCSP(=O)(Cl)Cl. The van der Waals surface area contributed by atoms with E-state index in [4.69, 9.17) is 22.5 Å². The van der Waals surface area contributed by atoms with E-state index < -0.39 is 5.05 Å². The summed E-state index contributed by atoms with van der Waals surface area (Å²) in [6.07, 6.45) is 23.0. The van der Waals surface area contributed by atoms with Gasteiger partial charge in [0.2, 0.25) is 0 Å². The lowest BCUT2D eigenvalue weighted by Crippen LogP contribution is -1.82. The molecule has 1 nitrogen and oxygen atoms in total. The van der Waals surface area contributed by atoms with Crippen molar-refractivity contribution < 1.29 is 4.57 Å². The number of unbranched alkanes of at least 4 members (excludes halogenated alkanes) is 12. The second-order valence-corrected chi connectivity index (χ2v) is 14.6. The van der Waals surface area contributed by atoms with E-state index in [1.807, 2.05) is 0 Å². The van der Waals surface area contributed by atoms with Crippen LogP contribution >= 0.6 is 38.9 Å². The van der Waals surface area contributed by atoms with Crippen molar-refractivity contribution in [3.63, 3.8) is 0 Å². The Kier molecular flexibility index (Phi) is 18.4. The van der Waals surface area contributed by atoms with E-state index in [0.29, 0.717) is 0 Å². The number of rotatable bonds is 17. The Morgan fingerprint density at radius 1 is 0.739 bits per heavy atom. The van der Waals surface area contributed by atoms with Crippen molar-refractivity contribution in [2.45, 2.75) is 96.8 Å². The Bertz CT molecular complexity index is 318. The molecule has 0 saturated heterocycles. The summed E-state index contributed by atoms with van der Waals surface area (Å²) in [6.45, 7) is 2.27. The number of hydrogen-bond acceptors (Lipinski definition) is 2. The molecule has 0 aromatic heterocycles. The van der Waals surface area contributed by atoms with Crippen LogP contribution in [-0.4, -0.2) is 5.75 Å². The van der Waals surface area contributed by atoms with Gasteiger partial charge in [0.15, 0.2) is 0 Å². The first kappa shape index (κ1) is 23.9. The first-order valence-electron chi connectivity index (χ1n) is 9.35. The van der Waals surface area contributed by atoms with E-state index in [-0.39, 0.29) is 0 Å². The van der Waals surface area contributed by atoms with E-state index in [9.17, 15) is 4.57 Å². The van der Waals surface area contributed by atoms with Crippen LogP contribution in [0.2, 0.25) is 0 Å². The molecule has 0 heterocycles. The van der Waals surface area contributed by atoms with Crippen molar-refractivity contribution in [1.82, 2.24) is 0 Å². The van der Waals surface area contributed by atoms with Crippen molar-refractivity contribution in [2.24, 2.45) is 0 Å². The molecule has 138 valence electrons. The molecule has 0 fully saturated rings. The topological polar surface area (TPSA) is 17.1 Å². The number of hydrogen-bond donors (Lipinski definition) is 0. The molecule has 0 aromatic rings. The minimum atomic E-state index is -2.90. The van der Waals surface area contributed by atoms with Crippen LogP contribution in [0.15, 0.2) is 12.2 Å². The lowest BCUT2D eigenvalue weighted by Gasteiger charge is -2.02. The van der Waals surface area contributed by atoms with Crippen molar-refractivity contribution >= 4 is 38.9 Å². The molecular formula is C18H35Cl2OPS. The minimum Gasteiger partial charge on any atom is -0.277 e. The minimum absolute atomic E-state index is 0.811. The highest BCUT2D eigenvalue weighted by Crippen LogP contribution is 2.67. The smallest absolute Gasteiger partial charge is 0.277 e. The second-order valence-electron chi connectivity index (χ2n) is 6.19. The van der Waals surface area contributed by atoms with E-state index in [1.54, 1.807) is 0 Å². The third-order valence-corrected chi connectivity index (χ3v) is 7.88. The predicted molar refractivity (Wildman–Crippen MR) is 111 cm³/mol. The van der Waals surface area contributed by atoms with Gasteiger partial charge in [-0.2, -0.15) is 0 Å². The Morgan fingerprint density at radius 3 is 1.65 bits per heavy atom. The molecule has 0 N–H and O–H groups in total. The number of allylic oxidation sites excluding steroid dienone is 2. The van der Waals surface area contributed by atoms with Gasteiger partial charge in [0.05, 0.1) is 0 Å². The zero-order valence-corrected chi connectivity index (χ0v) is 18.0. The van der Waals surface area contributed by atoms with Crippen LogP contribution in [0.1, 0.15) is 96.8 Å². The maximum absolute atomic E-state index is 11.1. The van der Waals surface area contributed by atoms with E-state index in [1.165, 1.54) is 94.9 Å². The number of halogens is 2. The fourth-order valence-corrected chi connectivity index (χ4v) is 5.33. The molecular weight excluding hydrogens is 366 g/mol. The van der Waals surface area contributed by atoms with Gasteiger partial charge in [-0.3, -0.25) is 4.57 Å². The molecule has 0 spiro atoms. The zero-order valence-electron chi connectivity index (χ0n) is 14.8. The van der Waals surface area contributed by atoms with Gasteiger partial charge in [0, 0.05) is 5.75 Å². The van der Waals surface area contributed by atoms with Crippen LogP contribution in [-0.2, 0) is 4.57 Å². The lowest BCUT2D eigenvalue weighted by atomic mass is 10.1. The molecule has 0 aromatic carbocycles. The van der Waals surface area contributed by atoms with Crippen LogP contribution in [0.25, 0.3) is 0 Å². The largest absolute Gasteiger partial charge is 0.307 e. The first-order chi connectivity index (χ1) is 11.1. The third-order valence-electron chi connectivity index (χ3n) is 3.90. The quantitative estimate of drug-likeness (QED) is 0.137. The molecule has 0 aliphatic rings. The van der Waals surface area contributed by atoms with Crippen molar-refractivity contribution in [3.05, 3.63) is 12.2 Å². The fourth-order valence-electron chi connectivity index (χ4n) is 2.52. The highest BCUT2D eigenvalue weighted by molar-refractivity contribution is 8.72. The highest BCUT2D eigenvalue weighted by atomic mass is 35.9. The molecule has 0 atom stereocenters. The van der Waals surface area contributed by atoms with Gasteiger partial charge in [0.25, 0.3) is 0 Å². The van der Waals surface area contributed by atoms with Gasteiger partial charge in [0.1, 0.15) is 0 Å². The standard InChI is InChI=1S/C18H35Cl2OPS/c1-2-3-4-5-6-7-8-9-10-11-12-13-14-15-16-17-18-23-22(19,20)21/h9-10H,2-8,11-18H2,1H3/b10-9-. The van der Waals surface area contributed by atoms with Gasteiger partial charge in [-0.05, 0) is 54.6 Å². The van der Waals surface area contributed by atoms with Crippen LogP contribution in [0, 0.1) is 0 Å². The molecule has 23 heavy (non-hydrogen) atoms. The van der Waals surface area contributed by atoms with E-state index in [2.05, 4.69) is 19.1 Å². The molecule has 0 unspecified atom stereocenters. The van der Waals surface area contributed by atoms with Gasteiger partial charge in [-0.25, -0.2) is 0 Å². The van der Waals surface area contributed by atoms with Crippen molar-refractivity contribution in [1.29, 1.82) is 0 Å². The van der Waals surface area contributed by atoms with Crippen molar-refractivity contribution in [3.8, 4) is 0 Å². The maximum Gasteiger partial charge on any atom is 0.307 e. The average Bonchev–Trinajstić information content (AvgIpc) is 2.49. The summed E-state index contributed by atoms with van der Waals surface area (Å²) >= 11 is 12.2. The van der Waals surface area contributed by atoms with Crippen LogP contribution in [0.4, 0.5) is 0 Å². The summed E-state index contributed by atoms with van der Waals surface area (Å²) < 4.78 is 11.1. The van der Waals surface area contributed by atoms with Gasteiger partial charge >= 0.3 is 5.05 Å². The Balaban J connectivity index is 3.12. The first-order valence-corrected chi connectivity index (χ1v) is 14.5. The van der Waals surface area contributed by atoms with Crippen LogP contribution in [0.3, 0.4) is 0 Å². The normalized spacial score (nSPS) is 12.3. The van der Waals surface area contributed by atoms with E-state index >= 15 is 0 Å². The molecule has 5 heteroatoms. The monoisotopic (exact) mass is 400 g/mol. The average molecular weight is 401 g/mol. The summed E-state index contributed by atoms with van der Waals surface area (Å²) in [5, 5.41) is -2.90. The molecule has 0 aliphatic heterocycles. The van der Waals surface area contributed by atoms with Gasteiger partial charge in [-0.1, -0.05) is 88.2 Å². The molecule has 0 rings (SSSR count). The van der Waals surface area contributed by atoms with Gasteiger partial charge < -0.3 is 0 Å². The predicted octanol–water partition coefficient (Wildman–Crippen LogP) is 9.34. The molecule has 0 bridgehead atoms. The second kappa shape index (κ2) is 17.7.